The minimum absolute atomic E-state index is 0.0525. The highest BCUT2D eigenvalue weighted by Gasteiger charge is 2.15. The molecule has 4 nitrogen and oxygen atoms in total. The van der Waals surface area contributed by atoms with Crippen LogP contribution in [0.4, 0.5) is 0 Å². The van der Waals surface area contributed by atoms with Gasteiger partial charge in [0, 0.05) is 11.1 Å². The van der Waals surface area contributed by atoms with Crippen LogP contribution in [0.5, 0.6) is 11.5 Å². The summed E-state index contributed by atoms with van der Waals surface area (Å²) in [7, 11) is 0. The van der Waals surface area contributed by atoms with Gasteiger partial charge < -0.3 is 9.84 Å². The Morgan fingerprint density at radius 3 is 2.43 bits per heavy atom. The Bertz CT molecular complexity index is 702. The van der Waals surface area contributed by atoms with Crippen molar-refractivity contribution in [3.8, 4) is 11.5 Å². The number of Topliss-reactive ketones (excluding diaryl/α,β-unsaturated/α-hetero) is 1. The first-order valence-corrected chi connectivity index (χ1v) is 7.59. The molecule has 0 atom stereocenters. The molecule has 23 heavy (non-hydrogen) atoms. The lowest BCUT2D eigenvalue weighted by atomic mass is 9.97. The number of ketones is 1. The van der Waals surface area contributed by atoms with Crippen LogP contribution >= 0.6 is 0 Å². The fraction of sp³-hybridized carbons (Fsp3) is 0.263. The monoisotopic (exact) mass is 312 g/mol. The summed E-state index contributed by atoms with van der Waals surface area (Å²) in [4.78, 5) is 22.2. The predicted octanol–water partition coefficient (Wildman–Crippen LogP) is 3.94. The number of benzene rings is 2. The second-order valence-electron chi connectivity index (χ2n) is 5.38. The first-order valence-electron chi connectivity index (χ1n) is 7.59. The molecule has 4 heteroatoms. The van der Waals surface area contributed by atoms with Crippen molar-refractivity contribution >= 4 is 12.1 Å². The van der Waals surface area contributed by atoms with Crippen LogP contribution in [0.2, 0.25) is 0 Å². The number of carbonyl (C=O) groups is 2. The molecule has 1 N–H and O–H groups in total. The summed E-state index contributed by atoms with van der Waals surface area (Å²) in [5.41, 5.74) is 2.54. The number of rotatable bonds is 7. The lowest BCUT2D eigenvalue weighted by Gasteiger charge is -2.14. The van der Waals surface area contributed by atoms with Gasteiger partial charge in [0.2, 0.25) is 0 Å². The van der Waals surface area contributed by atoms with Crippen molar-refractivity contribution in [1.82, 2.24) is 0 Å². The first-order chi connectivity index (χ1) is 11.1. The molecule has 0 fully saturated rings. The highest BCUT2D eigenvalue weighted by molar-refractivity contribution is 5.97. The Kier molecular flexibility index (Phi) is 5.52. The van der Waals surface area contributed by atoms with Crippen LogP contribution in [0.25, 0.3) is 0 Å². The minimum Gasteiger partial charge on any atom is -0.507 e. The molecule has 2 rings (SSSR count). The maximum atomic E-state index is 11.6. The number of phenolic OH excluding ortho intramolecular Hbond substituents is 1. The molecule has 0 aromatic heterocycles. The van der Waals surface area contributed by atoms with E-state index in [0.29, 0.717) is 29.9 Å². The zero-order chi connectivity index (χ0) is 16.8. The van der Waals surface area contributed by atoms with Gasteiger partial charge >= 0.3 is 0 Å². The number of carbonyl (C=O) groups excluding carboxylic acids is 2. The Morgan fingerprint density at radius 2 is 1.87 bits per heavy atom. The van der Waals surface area contributed by atoms with Crippen LogP contribution in [0.1, 0.15) is 52.1 Å². The number of phenols is 1. The van der Waals surface area contributed by atoms with Crippen molar-refractivity contribution in [2.75, 3.05) is 0 Å². The van der Waals surface area contributed by atoms with Gasteiger partial charge in [-0.2, -0.15) is 0 Å². The molecule has 0 bridgehead atoms. The van der Waals surface area contributed by atoms with Crippen LogP contribution in [0.15, 0.2) is 36.4 Å². The van der Waals surface area contributed by atoms with E-state index in [1.165, 1.54) is 6.92 Å². The predicted molar refractivity (Wildman–Crippen MR) is 88.3 cm³/mol. The standard InChI is InChI=1S/C19H20O4/c1-3-4-18-15(7-10-17(13(2)21)19(18)22)12-23-16-8-5-14(11-20)6-9-16/h5-11,22H,3-4,12H2,1-2H3. The normalized spacial score (nSPS) is 10.3. The Morgan fingerprint density at radius 1 is 1.17 bits per heavy atom. The van der Waals surface area contributed by atoms with Crippen molar-refractivity contribution in [1.29, 1.82) is 0 Å². The maximum absolute atomic E-state index is 11.6. The molecule has 120 valence electrons. The molecule has 0 aliphatic heterocycles. The van der Waals surface area contributed by atoms with E-state index in [1.54, 1.807) is 30.3 Å². The molecule has 0 radical (unpaired) electrons. The SMILES string of the molecule is CCCc1c(COc2ccc(C=O)cc2)ccc(C(C)=O)c1O. The topological polar surface area (TPSA) is 63.6 Å². The average molecular weight is 312 g/mol. The Hall–Kier alpha value is -2.62. The maximum Gasteiger partial charge on any atom is 0.163 e. The Labute approximate surface area is 135 Å². The molecule has 0 saturated heterocycles. The van der Waals surface area contributed by atoms with E-state index >= 15 is 0 Å². The molecule has 2 aromatic rings. The molecule has 2 aromatic carbocycles. The third-order valence-electron chi connectivity index (χ3n) is 3.67. The van der Waals surface area contributed by atoms with E-state index in [4.69, 9.17) is 4.74 Å². The van der Waals surface area contributed by atoms with Crippen molar-refractivity contribution < 1.29 is 19.4 Å². The Balaban J connectivity index is 2.22. The van der Waals surface area contributed by atoms with Gasteiger partial charge in [0.25, 0.3) is 0 Å². The molecule has 0 heterocycles. The fourth-order valence-corrected chi connectivity index (χ4v) is 2.43. The van der Waals surface area contributed by atoms with E-state index in [0.717, 1.165) is 23.8 Å². The fourth-order valence-electron chi connectivity index (χ4n) is 2.43. The minimum atomic E-state index is -0.156. The van der Waals surface area contributed by atoms with Gasteiger partial charge in [0.1, 0.15) is 24.4 Å². The second kappa shape index (κ2) is 7.58. The van der Waals surface area contributed by atoms with Crippen molar-refractivity contribution in [2.45, 2.75) is 33.3 Å². The van der Waals surface area contributed by atoms with Crippen LogP contribution in [0.3, 0.4) is 0 Å². The number of aldehydes is 1. The van der Waals surface area contributed by atoms with Gasteiger partial charge in [-0.3, -0.25) is 9.59 Å². The highest BCUT2D eigenvalue weighted by Crippen LogP contribution is 2.29. The van der Waals surface area contributed by atoms with E-state index in [1.807, 2.05) is 13.0 Å². The van der Waals surface area contributed by atoms with Gasteiger partial charge in [-0.25, -0.2) is 0 Å². The van der Waals surface area contributed by atoms with Crippen molar-refractivity contribution in [2.24, 2.45) is 0 Å². The summed E-state index contributed by atoms with van der Waals surface area (Å²) in [6.07, 6.45) is 2.31. The first kappa shape index (κ1) is 16.7. The van der Waals surface area contributed by atoms with Gasteiger partial charge in [0.15, 0.2) is 5.78 Å². The largest absolute Gasteiger partial charge is 0.507 e. The third-order valence-corrected chi connectivity index (χ3v) is 3.67. The summed E-state index contributed by atoms with van der Waals surface area (Å²) in [6, 6.07) is 10.3. The summed E-state index contributed by atoms with van der Waals surface area (Å²) < 4.78 is 5.72. The molecule has 0 unspecified atom stereocenters. The zero-order valence-electron chi connectivity index (χ0n) is 13.3. The lowest BCUT2D eigenvalue weighted by Crippen LogP contribution is -2.04. The van der Waals surface area contributed by atoms with Gasteiger partial charge in [-0.1, -0.05) is 19.4 Å². The molecule has 0 aliphatic carbocycles. The van der Waals surface area contributed by atoms with Crippen LogP contribution in [0, 0.1) is 0 Å². The van der Waals surface area contributed by atoms with Gasteiger partial charge in [0.05, 0.1) is 5.56 Å². The van der Waals surface area contributed by atoms with Gasteiger partial charge in [-0.15, -0.1) is 0 Å². The molecule has 0 saturated carbocycles. The van der Waals surface area contributed by atoms with Crippen LogP contribution in [-0.2, 0) is 13.0 Å². The highest BCUT2D eigenvalue weighted by atomic mass is 16.5. The quantitative estimate of drug-likeness (QED) is 0.621. The molecule has 0 aliphatic rings. The smallest absolute Gasteiger partial charge is 0.163 e. The number of hydrogen-bond donors (Lipinski definition) is 1. The van der Waals surface area contributed by atoms with E-state index < -0.39 is 0 Å². The summed E-state index contributed by atoms with van der Waals surface area (Å²) in [5, 5.41) is 10.3. The van der Waals surface area contributed by atoms with E-state index in [2.05, 4.69) is 0 Å². The molecular formula is C19H20O4. The van der Waals surface area contributed by atoms with Crippen molar-refractivity contribution in [3.63, 3.8) is 0 Å². The van der Waals surface area contributed by atoms with E-state index in [-0.39, 0.29) is 11.5 Å². The second-order valence-corrected chi connectivity index (χ2v) is 5.38. The van der Waals surface area contributed by atoms with Crippen LogP contribution in [-0.4, -0.2) is 17.2 Å². The van der Waals surface area contributed by atoms with Crippen molar-refractivity contribution in [3.05, 3.63) is 58.7 Å². The summed E-state index contributed by atoms with van der Waals surface area (Å²) in [6.45, 7) is 3.75. The number of aromatic hydroxyl groups is 1. The van der Waals surface area contributed by atoms with E-state index in [9.17, 15) is 14.7 Å². The van der Waals surface area contributed by atoms with Gasteiger partial charge in [-0.05, 0) is 49.2 Å². The third kappa shape index (κ3) is 3.97. The molecule has 0 amide bonds. The lowest BCUT2D eigenvalue weighted by molar-refractivity contribution is 0.101. The number of hydrogen-bond acceptors (Lipinski definition) is 4. The zero-order valence-corrected chi connectivity index (χ0v) is 13.3. The summed E-state index contributed by atoms with van der Waals surface area (Å²) >= 11 is 0. The average Bonchev–Trinajstić information content (AvgIpc) is 2.55. The van der Waals surface area contributed by atoms with Crippen LogP contribution < -0.4 is 4.74 Å². The molecular weight excluding hydrogens is 292 g/mol. The molecule has 0 spiro atoms. The number of ether oxygens (including phenoxy) is 1. The summed E-state index contributed by atoms with van der Waals surface area (Å²) in [5.74, 6) is 0.543.